The zero-order chi connectivity index (χ0) is 16.9. The quantitative estimate of drug-likeness (QED) is 0.748. The van der Waals surface area contributed by atoms with E-state index in [0.29, 0.717) is 12.5 Å². The zero-order valence-corrected chi connectivity index (χ0v) is 14.0. The fraction of sp³-hybridized carbons (Fsp3) is 0.611. The molecule has 2 saturated heterocycles. The second kappa shape index (κ2) is 7.64. The van der Waals surface area contributed by atoms with Gasteiger partial charge in [0.05, 0.1) is 13.0 Å². The number of fused-ring (bicyclic) bond motifs is 2. The van der Waals surface area contributed by atoms with Crippen molar-refractivity contribution in [2.75, 3.05) is 6.61 Å². The minimum absolute atomic E-state index is 0.0619. The lowest BCUT2D eigenvalue weighted by Crippen LogP contribution is -2.49. The van der Waals surface area contributed by atoms with Gasteiger partial charge in [-0.15, -0.1) is 0 Å². The van der Waals surface area contributed by atoms with Crippen LogP contribution in [0.4, 0.5) is 0 Å². The van der Waals surface area contributed by atoms with Crippen molar-refractivity contribution in [1.29, 1.82) is 0 Å². The first kappa shape index (κ1) is 16.7. The second-order valence-electron chi connectivity index (χ2n) is 6.37. The number of hydrogen-bond donors (Lipinski definition) is 0. The molecule has 0 aliphatic carbocycles. The van der Waals surface area contributed by atoms with Crippen LogP contribution in [0.3, 0.4) is 0 Å². The highest BCUT2D eigenvalue weighted by Crippen LogP contribution is 2.37. The van der Waals surface area contributed by atoms with E-state index in [-0.39, 0.29) is 42.9 Å². The summed E-state index contributed by atoms with van der Waals surface area (Å²) < 4.78 is 10.9. The van der Waals surface area contributed by atoms with Crippen molar-refractivity contribution in [3.8, 4) is 5.88 Å². The molecule has 0 N–H and O–H groups in total. The molecule has 6 nitrogen and oxygen atoms in total. The van der Waals surface area contributed by atoms with Gasteiger partial charge in [-0.25, -0.2) is 4.98 Å². The molecule has 6 heteroatoms. The van der Waals surface area contributed by atoms with Crippen LogP contribution in [0.5, 0.6) is 5.88 Å². The van der Waals surface area contributed by atoms with Crippen LogP contribution in [0, 0.1) is 0 Å². The van der Waals surface area contributed by atoms with Crippen LogP contribution in [-0.4, -0.2) is 46.6 Å². The van der Waals surface area contributed by atoms with Crippen LogP contribution in [0.1, 0.15) is 45.4 Å². The molecule has 2 atom stereocenters. The number of nitrogens with zero attached hydrogens (tertiary/aromatic N) is 2. The van der Waals surface area contributed by atoms with Crippen molar-refractivity contribution >= 4 is 11.9 Å². The Bertz CT molecular complexity index is 564. The van der Waals surface area contributed by atoms with E-state index in [4.69, 9.17) is 9.47 Å². The Morgan fingerprint density at radius 2 is 1.96 bits per heavy atom. The number of esters is 1. The van der Waals surface area contributed by atoms with Crippen LogP contribution in [0.2, 0.25) is 0 Å². The van der Waals surface area contributed by atoms with E-state index >= 15 is 0 Å². The Hall–Kier alpha value is -2.11. The average molecular weight is 332 g/mol. The third kappa shape index (κ3) is 3.86. The summed E-state index contributed by atoms with van der Waals surface area (Å²) in [5, 5.41) is 0. The molecule has 130 valence electrons. The van der Waals surface area contributed by atoms with Crippen LogP contribution in [-0.2, 0) is 14.3 Å². The number of aromatic nitrogens is 1. The van der Waals surface area contributed by atoms with E-state index in [9.17, 15) is 9.59 Å². The fourth-order valence-corrected chi connectivity index (χ4v) is 3.79. The van der Waals surface area contributed by atoms with E-state index in [1.165, 1.54) is 0 Å². The minimum Gasteiger partial charge on any atom is -0.474 e. The van der Waals surface area contributed by atoms with E-state index in [1.54, 1.807) is 13.1 Å². The van der Waals surface area contributed by atoms with Crippen molar-refractivity contribution in [3.05, 3.63) is 24.4 Å². The standard InChI is InChI=1S/C18H24N2O4/c1-2-23-18(22)9-8-17(21)20-13-6-7-14(20)12-15(11-13)24-16-5-3-4-10-19-16/h3-5,10,13-15H,2,6-9,11-12H2,1H3. The van der Waals surface area contributed by atoms with Gasteiger partial charge in [-0.3, -0.25) is 9.59 Å². The van der Waals surface area contributed by atoms with E-state index in [0.717, 1.165) is 25.7 Å². The maximum absolute atomic E-state index is 12.5. The number of piperidine rings is 1. The number of rotatable bonds is 6. The molecule has 0 saturated carbocycles. The largest absolute Gasteiger partial charge is 0.474 e. The minimum atomic E-state index is -0.299. The van der Waals surface area contributed by atoms with Crippen molar-refractivity contribution < 1.29 is 19.1 Å². The Labute approximate surface area is 142 Å². The van der Waals surface area contributed by atoms with E-state index in [2.05, 4.69) is 4.98 Å². The Morgan fingerprint density at radius 3 is 2.58 bits per heavy atom. The molecule has 1 amide bonds. The number of carbonyl (C=O) groups excluding carboxylic acids is 2. The highest BCUT2D eigenvalue weighted by atomic mass is 16.5. The summed E-state index contributed by atoms with van der Waals surface area (Å²) in [6.07, 6.45) is 5.91. The summed E-state index contributed by atoms with van der Waals surface area (Å²) in [5.41, 5.74) is 0. The summed E-state index contributed by atoms with van der Waals surface area (Å²) in [7, 11) is 0. The lowest BCUT2D eigenvalue weighted by atomic mass is 9.99. The van der Waals surface area contributed by atoms with Gasteiger partial charge in [-0.1, -0.05) is 6.07 Å². The molecule has 0 aromatic carbocycles. The molecule has 0 spiro atoms. The smallest absolute Gasteiger partial charge is 0.306 e. The first-order valence-electron chi connectivity index (χ1n) is 8.72. The number of pyridine rings is 1. The number of carbonyl (C=O) groups is 2. The maximum Gasteiger partial charge on any atom is 0.306 e. The molecule has 3 rings (SSSR count). The van der Waals surface area contributed by atoms with E-state index < -0.39 is 0 Å². The predicted molar refractivity (Wildman–Crippen MR) is 87.4 cm³/mol. The highest BCUT2D eigenvalue weighted by molar-refractivity contribution is 5.82. The average Bonchev–Trinajstić information content (AvgIpc) is 2.85. The van der Waals surface area contributed by atoms with Crippen LogP contribution < -0.4 is 4.74 Å². The summed E-state index contributed by atoms with van der Waals surface area (Å²) in [6, 6.07) is 6.06. The van der Waals surface area contributed by atoms with Gasteiger partial charge in [0.25, 0.3) is 0 Å². The Kier molecular flexibility index (Phi) is 5.33. The van der Waals surface area contributed by atoms with Gasteiger partial charge in [0.2, 0.25) is 11.8 Å². The van der Waals surface area contributed by atoms with Crippen molar-refractivity contribution in [2.45, 2.75) is 63.6 Å². The highest BCUT2D eigenvalue weighted by Gasteiger charge is 2.43. The lowest BCUT2D eigenvalue weighted by molar-refractivity contribution is -0.147. The van der Waals surface area contributed by atoms with Gasteiger partial charge in [0.1, 0.15) is 6.10 Å². The summed E-state index contributed by atoms with van der Waals surface area (Å²) in [6.45, 7) is 2.13. The molecule has 0 radical (unpaired) electrons. The summed E-state index contributed by atoms with van der Waals surface area (Å²) in [5.74, 6) is 0.405. The van der Waals surface area contributed by atoms with Gasteiger partial charge in [-0.05, 0) is 25.8 Å². The van der Waals surface area contributed by atoms with Gasteiger partial charge < -0.3 is 14.4 Å². The van der Waals surface area contributed by atoms with Crippen LogP contribution >= 0.6 is 0 Å². The molecule has 2 fully saturated rings. The molecular formula is C18H24N2O4. The second-order valence-corrected chi connectivity index (χ2v) is 6.37. The molecular weight excluding hydrogens is 308 g/mol. The van der Waals surface area contributed by atoms with Crippen molar-refractivity contribution in [3.63, 3.8) is 0 Å². The third-order valence-electron chi connectivity index (χ3n) is 4.75. The first-order valence-corrected chi connectivity index (χ1v) is 8.72. The lowest BCUT2D eigenvalue weighted by Gasteiger charge is -2.38. The topological polar surface area (TPSA) is 68.7 Å². The molecule has 1 aromatic rings. The van der Waals surface area contributed by atoms with Crippen molar-refractivity contribution in [2.24, 2.45) is 0 Å². The Morgan fingerprint density at radius 1 is 1.21 bits per heavy atom. The normalized spacial score (nSPS) is 25.4. The molecule has 2 aliphatic rings. The zero-order valence-electron chi connectivity index (χ0n) is 14.0. The number of ether oxygens (including phenoxy) is 2. The van der Waals surface area contributed by atoms with Gasteiger partial charge in [0.15, 0.2) is 0 Å². The predicted octanol–water partition coefficient (Wildman–Crippen LogP) is 2.33. The molecule has 2 unspecified atom stereocenters. The van der Waals surface area contributed by atoms with Gasteiger partial charge in [-0.2, -0.15) is 0 Å². The SMILES string of the molecule is CCOC(=O)CCC(=O)N1C2CCC1CC(Oc1ccccn1)C2. The fourth-order valence-electron chi connectivity index (χ4n) is 3.79. The number of amides is 1. The first-order chi connectivity index (χ1) is 11.7. The monoisotopic (exact) mass is 332 g/mol. The molecule has 2 aliphatic heterocycles. The van der Waals surface area contributed by atoms with Crippen LogP contribution in [0.25, 0.3) is 0 Å². The summed E-state index contributed by atoms with van der Waals surface area (Å²) in [4.78, 5) is 30.1. The molecule has 2 bridgehead atoms. The molecule has 24 heavy (non-hydrogen) atoms. The van der Waals surface area contributed by atoms with Crippen LogP contribution in [0.15, 0.2) is 24.4 Å². The Balaban J connectivity index is 1.53. The van der Waals surface area contributed by atoms with Gasteiger partial charge >= 0.3 is 5.97 Å². The maximum atomic E-state index is 12.5. The van der Waals surface area contributed by atoms with E-state index in [1.807, 2.05) is 23.1 Å². The van der Waals surface area contributed by atoms with Crippen molar-refractivity contribution in [1.82, 2.24) is 9.88 Å². The third-order valence-corrected chi connectivity index (χ3v) is 4.75. The summed E-state index contributed by atoms with van der Waals surface area (Å²) >= 11 is 0. The van der Waals surface area contributed by atoms with Gasteiger partial charge in [0, 0.05) is 43.6 Å². The molecule has 3 heterocycles. The number of hydrogen-bond acceptors (Lipinski definition) is 5. The molecule has 1 aromatic heterocycles.